The van der Waals surface area contributed by atoms with Crippen molar-refractivity contribution in [3.8, 4) is 11.8 Å². The highest BCUT2D eigenvalue weighted by atomic mass is 31.0. The maximum atomic E-state index is 12.2. The molecule has 1 N–H and O–H groups in total. The molecule has 3 heteroatoms. The zero-order valence-electron chi connectivity index (χ0n) is 7.92. The van der Waals surface area contributed by atoms with Gasteiger partial charge in [-0.05, 0) is 24.4 Å². The van der Waals surface area contributed by atoms with Crippen molar-refractivity contribution in [3.05, 3.63) is 29.8 Å². The van der Waals surface area contributed by atoms with E-state index in [1.807, 2.05) is 24.3 Å². The monoisotopic (exact) mass is 210 g/mol. The molecule has 2 unspecified atom stereocenters. The van der Waals surface area contributed by atoms with E-state index in [0.29, 0.717) is 0 Å². The molecule has 0 radical (unpaired) electrons. The Morgan fingerprint density at radius 2 is 2.29 bits per heavy atom. The highest BCUT2D eigenvalue weighted by Gasteiger charge is 2.15. The Kier molecular flexibility index (Phi) is 3.63. The first-order valence-electron chi connectivity index (χ1n) is 4.20. The van der Waals surface area contributed by atoms with Crippen LogP contribution in [0.4, 0.5) is 4.39 Å². The first-order valence-corrected chi connectivity index (χ1v) is 4.78. The first kappa shape index (κ1) is 11.2. The highest BCUT2D eigenvalue weighted by Crippen LogP contribution is 2.03. The lowest BCUT2D eigenvalue weighted by atomic mass is 10.1. The largest absolute Gasteiger partial charge is 0.375 e. The summed E-state index contributed by atoms with van der Waals surface area (Å²) in [5, 5.41) is 10.3. The van der Waals surface area contributed by atoms with Crippen molar-refractivity contribution >= 4 is 14.5 Å². The van der Waals surface area contributed by atoms with Crippen LogP contribution in [-0.4, -0.2) is 17.4 Å². The molecule has 0 bridgehead atoms. The van der Waals surface area contributed by atoms with E-state index < -0.39 is 12.3 Å². The summed E-state index contributed by atoms with van der Waals surface area (Å²) in [6, 6.07) is 7.44. The molecule has 14 heavy (non-hydrogen) atoms. The molecule has 0 aromatic heterocycles. The normalized spacial score (nSPS) is 14.0. The Labute approximate surface area is 85.5 Å². The van der Waals surface area contributed by atoms with E-state index in [0.717, 1.165) is 10.9 Å². The van der Waals surface area contributed by atoms with Gasteiger partial charge in [0.15, 0.2) is 5.60 Å². The lowest BCUT2D eigenvalue weighted by molar-refractivity contribution is 0.0905. The fraction of sp³-hybridized carbons (Fsp3) is 0.273. The summed E-state index contributed by atoms with van der Waals surface area (Å²) in [5.74, 6) is 5.20. The van der Waals surface area contributed by atoms with Crippen LogP contribution < -0.4 is 5.30 Å². The number of hydrogen-bond acceptors (Lipinski definition) is 1. The summed E-state index contributed by atoms with van der Waals surface area (Å²) in [4.78, 5) is 0. The number of alkyl halides is 1. The number of rotatable bonds is 1. The van der Waals surface area contributed by atoms with Crippen molar-refractivity contribution in [3.63, 3.8) is 0 Å². The molecule has 0 aliphatic rings. The Morgan fingerprint density at radius 3 is 2.86 bits per heavy atom. The van der Waals surface area contributed by atoms with Gasteiger partial charge in [-0.25, -0.2) is 4.39 Å². The second-order valence-corrected chi connectivity index (χ2v) is 3.95. The van der Waals surface area contributed by atoms with E-state index in [1.165, 1.54) is 6.92 Å². The molecular formula is C11H12FOP. The van der Waals surface area contributed by atoms with Gasteiger partial charge < -0.3 is 5.11 Å². The third-order valence-electron chi connectivity index (χ3n) is 1.62. The second kappa shape index (κ2) is 4.55. The lowest BCUT2D eigenvalue weighted by Gasteiger charge is -2.09. The van der Waals surface area contributed by atoms with Crippen molar-refractivity contribution < 1.29 is 9.50 Å². The molecule has 1 rings (SSSR count). The van der Waals surface area contributed by atoms with Gasteiger partial charge in [-0.1, -0.05) is 24.0 Å². The summed E-state index contributed by atoms with van der Waals surface area (Å²) in [6.45, 7) is 0.491. The topological polar surface area (TPSA) is 20.2 Å². The number of hydrogen-bond donors (Lipinski definition) is 1. The van der Waals surface area contributed by atoms with Gasteiger partial charge in [-0.3, -0.25) is 0 Å². The minimum Gasteiger partial charge on any atom is -0.375 e. The summed E-state index contributed by atoms with van der Waals surface area (Å²) < 4.78 is 12.2. The van der Waals surface area contributed by atoms with Gasteiger partial charge in [0.2, 0.25) is 0 Å². The maximum Gasteiger partial charge on any atom is 0.151 e. The van der Waals surface area contributed by atoms with E-state index in [9.17, 15) is 9.50 Å². The van der Waals surface area contributed by atoms with Crippen LogP contribution in [0.3, 0.4) is 0 Å². The van der Waals surface area contributed by atoms with Crippen LogP contribution in [0, 0.1) is 11.8 Å². The van der Waals surface area contributed by atoms with E-state index in [2.05, 4.69) is 21.1 Å². The first-order chi connectivity index (χ1) is 6.53. The van der Waals surface area contributed by atoms with Crippen molar-refractivity contribution in [2.75, 3.05) is 6.67 Å². The van der Waals surface area contributed by atoms with Crippen molar-refractivity contribution in [2.45, 2.75) is 12.5 Å². The highest BCUT2D eigenvalue weighted by molar-refractivity contribution is 7.27. The van der Waals surface area contributed by atoms with E-state index in [4.69, 9.17) is 0 Å². The van der Waals surface area contributed by atoms with Crippen LogP contribution >= 0.6 is 9.24 Å². The number of aliphatic hydroxyl groups is 1. The minimum absolute atomic E-state index is 0.770. The molecule has 0 saturated carbocycles. The SMILES string of the molecule is CC(O)(C#Cc1cccc(P)c1)CF. The average Bonchev–Trinajstić information content (AvgIpc) is 2.15. The fourth-order valence-corrected chi connectivity index (χ4v) is 1.15. The quantitative estimate of drug-likeness (QED) is 0.546. The second-order valence-electron chi connectivity index (χ2n) is 3.28. The molecule has 0 spiro atoms. The maximum absolute atomic E-state index is 12.2. The van der Waals surface area contributed by atoms with Crippen molar-refractivity contribution in [1.82, 2.24) is 0 Å². The molecule has 0 amide bonds. The zero-order chi connectivity index (χ0) is 10.6. The van der Waals surface area contributed by atoms with Crippen molar-refractivity contribution in [1.29, 1.82) is 0 Å². The van der Waals surface area contributed by atoms with Crippen LogP contribution in [0.1, 0.15) is 12.5 Å². The molecule has 0 saturated heterocycles. The van der Waals surface area contributed by atoms with Gasteiger partial charge in [0.05, 0.1) is 0 Å². The molecule has 74 valence electrons. The van der Waals surface area contributed by atoms with Gasteiger partial charge in [0.1, 0.15) is 6.67 Å². The molecule has 2 atom stereocenters. The summed E-state index contributed by atoms with van der Waals surface area (Å²) in [5.41, 5.74) is -0.775. The lowest BCUT2D eigenvalue weighted by Crippen LogP contribution is -2.23. The Hall–Kier alpha value is -0.900. The van der Waals surface area contributed by atoms with Gasteiger partial charge in [-0.15, -0.1) is 9.24 Å². The third kappa shape index (κ3) is 3.46. The summed E-state index contributed by atoms with van der Waals surface area (Å²) in [6.07, 6.45) is 0. The molecule has 0 aliphatic heterocycles. The van der Waals surface area contributed by atoms with E-state index >= 15 is 0 Å². The minimum atomic E-state index is -1.54. The predicted molar refractivity (Wildman–Crippen MR) is 59.3 cm³/mol. The van der Waals surface area contributed by atoms with E-state index in [-0.39, 0.29) is 0 Å². The smallest absolute Gasteiger partial charge is 0.151 e. The van der Waals surface area contributed by atoms with Crippen LogP contribution in [0.2, 0.25) is 0 Å². The molecule has 0 aliphatic carbocycles. The molecular weight excluding hydrogens is 198 g/mol. The number of halogens is 1. The summed E-state index contributed by atoms with van der Waals surface area (Å²) in [7, 11) is 2.55. The van der Waals surface area contributed by atoms with Gasteiger partial charge in [-0.2, -0.15) is 0 Å². The fourth-order valence-electron chi connectivity index (χ4n) is 0.857. The van der Waals surface area contributed by atoms with Gasteiger partial charge in [0.25, 0.3) is 0 Å². The van der Waals surface area contributed by atoms with E-state index in [1.54, 1.807) is 0 Å². The molecule has 1 aromatic carbocycles. The summed E-state index contributed by atoms with van der Waals surface area (Å²) >= 11 is 0. The van der Waals surface area contributed by atoms with Crippen molar-refractivity contribution in [2.24, 2.45) is 0 Å². The Morgan fingerprint density at radius 1 is 1.57 bits per heavy atom. The Bertz CT molecular complexity index is 376. The predicted octanol–water partition coefficient (Wildman–Crippen LogP) is 1.26. The third-order valence-corrected chi connectivity index (χ3v) is 1.98. The Balaban J connectivity index is 2.88. The van der Waals surface area contributed by atoms with Gasteiger partial charge >= 0.3 is 0 Å². The molecule has 1 aromatic rings. The number of benzene rings is 1. The average molecular weight is 210 g/mol. The van der Waals surface area contributed by atoms with Crippen LogP contribution in [0.25, 0.3) is 0 Å². The van der Waals surface area contributed by atoms with Crippen LogP contribution in [-0.2, 0) is 0 Å². The molecule has 0 fully saturated rings. The van der Waals surface area contributed by atoms with Crippen LogP contribution in [0.15, 0.2) is 24.3 Å². The standard InChI is InChI=1S/C11H12FOP/c1-11(13,8-12)6-5-9-3-2-4-10(14)7-9/h2-4,7,13H,8,14H2,1H3. The zero-order valence-corrected chi connectivity index (χ0v) is 9.07. The molecule has 1 nitrogen and oxygen atoms in total. The molecule has 0 heterocycles. The van der Waals surface area contributed by atoms with Crippen LogP contribution in [0.5, 0.6) is 0 Å². The van der Waals surface area contributed by atoms with Gasteiger partial charge in [0, 0.05) is 5.56 Å².